The topological polar surface area (TPSA) is 127 Å². The van der Waals surface area contributed by atoms with Crippen molar-refractivity contribution in [3.63, 3.8) is 0 Å². The number of Topliss-reactive ketones (excluding diaryl/α,β-unsaturated/α-hetero) is 1. The number of H-pyrrole nitrogens is 1. The van der Waals surface area contributed by atoms with Gasteiger partial charge in [0, 0.05) is 18.3 Å². The predicted molar refractivity (Wildman–Crippen MR) is 136 cm³/mol. The largest absolute Gasteiger partial charge is 0.507 e. The van der Waals surface area contributed by atoms with Gasteiger partial charge < -0.3 is 24.3 Å². The number of anilines is 1. The Bertz CT molecular complexity index is 1520. The Balaban J connectivity index is 1.74. The molecule has 3 heterocycles. The number of aryl methyl sites for hydroxylation is 1. The first-order chi connectivity index (χ1) is 17.9. The monoisotopic (exact) mass is 500 g/mol. The minimum atomic E-state index is -1.05. The fourth-order valence-electron chi connectivity index (χ4n) is 4.46. The Morgan fingerprint density at radius 3 is 2.38 bits per heavy atom. The molecule has 2 aromatic heterocycles. The molecule has 1 fully saturated rings. The molecule has 1 amide bonds. The minimum absolute atomic E-state index is 0.110. The van der Waals surface area contributed by atoms with Gasteiger partial charge in [0.05, 0.1) is 49.2 Å². The highest BCUT2D eigenvalue weighted by molar-refractivity contribution is 6.51. The lowest BCUT2D eigenvalue weighted by Gasteiger charge is -2.22. The van der Waals surface area contributed by atoms with Crippen molar-refractivity contribution < 1.29 is 28.9 Å². The number of benzene rings is 2. The molecule has 0 aliphatic carbocycles. The first-order valence-electron chi connectivity index (χ1n) is 11.4. The summed E-state index contributed by atoms with van der Waals surface area (Å²) in [6.45, 7) is 1.85. The van der Waals surface area contributed by atoms with Crippen LogP contribution >= 0.6 is 0 Å². The van der Waals surface area contributed by atoms with Gasteiger partial charge in [-0.15, -0.1) is 0 Å². The van der Waals surface area contributed by atoms with Crippen LogP contribution in [0.4, 0.5) is 5.95 Å². The maximum Gasteiger partial charge on any atom is 0.302 e. The summed E-state index contributed by atoms with van der Waals surface area (Å²) in [5.41, 5.74) is 2.45. The molecule has 188 valence electrons. The van der Waals surface area contributed by atoms with E-state index >= 15 is 0 Å². The standard InChI is InChI=1S/C27H24N4O6/c1-14-8-9-19(35-2)15(11-14)24(32)22-23(16-7-5-6-10-28-16)31(26(34)25(22)33)27-29-17-12-20(36-3)21(37-4)13-18(17)30-27/h5-13,23,32H,1-4H3,(H,29,30)/b24-22+. The number of amides is 1. The number of imidazole rings is 1. The number of carbonyl (C=O) groups is 2. The van der Waals surface area contributed by atoms with Crippen molar-refractivity contribution in [2.75, 3.05) is 26.2 Å². The fraction of sp³-hybridized carbons (Fsp3) is 0.185. The van der Waals surface area contributed by atoms with Crippen LogP contribution in [0.2, 0.25) is 0 Å². The number of carbonyl (C=O) groups excluding carboxylic acids is 2. The first-order valence-corrected chi connectivity index (χ1v) is 11.4. The van der Waals surface area contributed by atoms with Gasteiger partial charge in [0.25, 0.3) is 5.78 Å². The summed E-state index contributed by atoms with van der Waals surface area (Å²) >= 11 is 0. The molecule has 1 saturated heterocycles. The number of ketones is 1. The molecule has 1 aliphatic rings. The summed E-state index contributed by atoms with van der Waals surface area (Å²) < 4.78 is 16.1. The van der Waals surface area contributed by atoms with Gasteiger partial charge >= 0.3 is 5.91 Å². The third kappa shape index (κ3) is 3.92. The summed E-state index contributed by atoms with van der Waals surface area (Å²) in [5.74, 6) is -0.691. The summed E-state index contributed by atoms with van der Waals surface area (Å²) in [6, 6.07) is 12.7. The predicted octanol–water partition coefficient (Wildman–Crippen LogP) is 3.92. The third-order valence-corrected chi connectivity index (χ3v) is 6.23. The number of hydrogen-bond donors (Lipinski definition) is 2. The van der Waals surface area contributed by atoms with Crippen molar-refractivity contribution in [2.45, 2.75) is 13.0 Å². The number of ether oxygens (including phenoxy) is 3. The Hall–Kier alpha value is -4.86. The van der Waals surface area contributed by atoms with Crippen LogP contribution in [-0.2, 0) is 9.59 Å². The van der Waals surface area contributed by atoms with Gasteiger partial charge in [-0.1, -0.05) is 17.7 Å². The Morgan fingerprint density at radius 2 is 1.70 bits per heavy atom. The molecule has 10 nitrogen and oxygen atoms in total. The van der Waals surface area contributed by atoms with Gasteiger partial charge in [-0.05, 0) is 31.2 Å². The number of aromatic amines is 1. The van der Waals surface area contributed by atoms with E-state index in [1.54, 1.807) is 48.7 Å². The molecular formula is C27H24N4O6. The molecule has 0 bridgehead atoms. The Labute approximate surface area is 212 Å². The molecule has 2 N–H and O–H groups in total. The molecule has 1 unspecified atom stereocenters. The minimum Gasteiger partial charge on any atom is -0.507 e. The average molecular weight is 501 g/mol. The molecule has 0 saturated carbocycles. The second-order valence-electron chi connectivity index (χ2n) is 8.41. The molecule has 1 aliphatic heterocycles. The van der Waals surface area contributed by atoms with E-state index in [1.807, 2.05) is 13.0 Å². The second kappa shape index (κ2) is 9.30. The van der Waals surface area contributed by atoms with Crippen LogP contribution in [0.3, 0.4) is 0 Å². The number of fused-ring (bicyclic) bond motifs is 1. The van der Waals surface area contributed by atoms with E-state index in [-0.39, 0.29) is 17.3 Å². The molecule has 0 spiro atoms. The molecule has 4 aromatic rings. The number of nitrogens with one attached hydrogen (secondary N) is 1. The summed E-state index contributed by atoms with van der Waals surface area (Å²) in [7, 11) is 4.49. The maximum atomic E-state index is 13.4. The average Bonchev–Trinajstić information content (AvgIpc) is 3.45. The highest BCUT2D eigenvalue weighted by Gasteiger charge is 2.49. The van der Waals surface area contributed by atoms with Crippen LogP contribution in [0.1, 0.15) is 22.9 Å². The molecule has 37 heavy (non-hydrogen) atoms. The van der Waals surface area contributed by atoms with E-state index in [0.717, 1.165) is 5.56 Å². The van der Waals surface area contributed by atoms with Gasteiger partial charge in [-0.2, -0.15) is 0 Å². The number of pyridine rings is 1. The lowest BCUT2D eigenvalue weighted by molar-refractivity contribution is -0.132. The molecule has 5 rings (SSSR count). The lowest BCUT2D eigenvalue weighted by Crippen LogP contribution is -2.30. The van der Waals surface area contributed by atoms with Gasteiger partial charge in [0.15, 0.2) is 11.5 Å². The number of hydrogen-bond acceptors (Lipinski definition) is 8. The third-order valence-electron chi connectivity index (χ3n) is 6.23. The van der Waals surface area contributed by atoms with Crippen molar-refractivity contribution in [3.8, 4) is 17.2 Å². The first kappa shape index (κ1) is 23.9. The normalized spacial score (nSPS) is 16.9. The van der Waals surface area contributed by atoms with Crippen molar-refractivity contribution >= 4 is 34.4 Å². The van der Waals surface area contributed by atoms with E-state index in [2.05, 4.69) is 15.0 Å². The van der Waals surface area contributed by atoms with Gasteiger partial charge in [-0.25, -0.2) is 4.98 Å². The fourth-order valence-corrected chi connectivity index (χ4v) is 4.46. The quantitative estimate of drug-likeness (QED) is 0.232. The lowest BCUT2D eigenvalue weighted by atomic mass is 9.97. The zero-order valence-electron chi connectivity index (χ0n) is 20.6. The second-order valence-corrected chi connectivity index (χ2v) is 8.41. The van der Waals surface area contributed by atoms with Gasteiger partial charge in [0.1, 0.15) is 17.6 Å². The van der Waals surface area contributed by atoms with Crippen molar-refractivity contribution in [2.24, 2.45) is 0 Å². The number of rotatable bonds is 6. The van der Waals surface area contributed by atoms with Crippen LogP contribution in [0, 0.1) is 6.92 Å². The molecule has 2 aromatic carbocycles. The highest BCUT2D eigenvalue weighted by atomic mass is 16.5. The molecule has 10 heteroatoms. The van der Waals surface area contributed by atoms with Crippen molar-refractivity contribution in [1.29, 1.82) is 0 Å². The summed E-state index contributed by atoms with van der Waals surface area (Å²) in [5, 5.41) is 11.4. The zero-order chi connectivity index (χ0) is 26.3. The van der Waals surface area contributed by atoms with E-state index in [0.29, 0.717) is 39.5 Å². The van der Waals surface area contributed by atoms with E-state index in [4.69, 9.17) is 14.2 Å². The zero-order valence-corrected chi connectivity index (χ0v) is 20.6. The Morgan fingerprint density at radius 1 is 0.973 bits per heavy atom. The molecular weight excluding hydrogens is 476 g/mol. The molecule has 1 atom stereocenters. The highest BCUT2D eigenvalue weighted by Crippen LogP contribution is 2.43. The van der Waals surface area contributed by atoms with Crippen molar-refractivity contribution in [1.82, 2.24) is 15.0 Å². The Kier molecular flexibility index (Phi) is 6.00. The van der Waals surface area contributed by atoms with Crippen molar-refractivity contribution in [3.05, 3.63) is 77.1 Å². The van der Waals surface area contributed by atoms with Gasteiger partial charge in [-0.3, -0.25) is 19.5 Å². The molecule has 0 radical (unpaired) electrons. The van der Waals surface area contributed by atoms with Crippen LogP contribution in [0.25, 0.3) is 16.8 Å². The van der Waals surface area contributed by atoms with Crippen LogP contribution < -0.4 is 19.1 Å². The van der Waals surface area contributed by atoms with Crippen LogP contribution in [0.15, 0.2) is 60.3 Å². The number of aliphatic hydroxyl groups is 1. The smallest absolute Gasteiger partial charge is 0.302 e. The van der Waals surface area contributed by atoms with Gasteiger partial charge in [0.2, 0.25) is 5.95 Å². The van der Waals surface area contributed by atoms with E-state index in [1.165, 1.54) is 26.2 Å². The SMILES string of the molecule is COc1cc2nc(N3C(=O)C(=O)/C(=C(/O)c4cc(C)ccc4OC)C3c3ccccn3)[nH]c2cc1OC. The number of nitrogens with zero attached hydrogens (tertiary/aromatic N) is 3. The summed E-state index contributed by atoms with van der Waals surface area (Å²) in [6.07, 6.45) is 1.55. The number of aromatic nitrogens is 3. The maximum absolute atomic E-state index is 13.4. The summed E-state index contributed by atoms with van der Waals surface area (Å²) in [4.78, 5) is 40.1. The number of aliphatic hydroxyl groups excluding tert-OH is 1. The van der Waals surface area contributed by atoms with Crippen LogP contribution in [-0.4, -0.2) is 53.1 Å². The number of methoxy groups -OCH3 is 3. The van der Waals surface area contributed by atoms with E-state index < -0.39 is 17.7 Å². The van der Waals surface area contributed by atoms with Crippen LogP contribution in [0.5, 0.6) is 17.2 Å². The van der Waals surface area contributed by atoms with E-state index in [9.17, 15) is 14.7 Å².